The fourth-order valence-electron chi connectivity index (χ4n) is 2.38. The van der Waals surface area contributed by atoms with Crippen molar-refractivity contribution in [3.63, 3.8) is 0 Å². The van der Waals surface area contributed by atoms with Gasteiger partial charge < -0.3 is 9.52 Å². The number of aryl methyl sites for hydroxylation is 1. The summed E-state index contributed by atoms with van der Waals surface area (Å²) in [6.45, 7) is 1.93. The van der Waals surface area contributed by atoms with E-state index in [1.54, 1.807) is 6.07 Å². The Bertz CT molecular complexity index is 793. The van der Waals surface area contributed by atoms with Crippen LogP contribution in [0.25, 0.3) is 11.0 Å². The molecule has 0 saturated heterocycles. The van der Waals surface area contributed by atoms with Crippen molar-refractivity contribution in [1.29, 1.82) is 0 Å². The van der Waals surface area contributed by atoms with Crippen LogP contribution in [-0.2, 0) is 6.42 Å². The van der Waals surface area contributed by atoms with Crippen molar-refractivity contribution in [3.8, 4) is 0 Å². The van der Waals surface area contributed by atoms with Crippen LogP contribution in [0.3, 0.4) is 0 Å². The second kappa shape index (κ2) is 5.30. The number of hydrogen-bond donors (Lipinski definition) is 1. The molecule has 0 aliphatic carbocycles. The van der Waals surface area contributed by atoms with Gasteiger partial charge in [0.1, 0.15) is 17.4 Å². The lowest BCUT2D eigenvalue weighted by Gasteiger charge is -2.08. The minimum absolute atomic E-state index is 0.163. The molecular weight excluding hydrogens is 274 g/mol. The summed E-state index contributed by atoms with van der Waals surface area (Å²) in [6, 6.07) is 11.1. The van der Waals surface area contributed by atoms with Gasteiger partial charge >= 0.3 is 0 Å². The van der Waals surface area contributed by atoms with E-state index in [4.69, 9.17) is 4.42 Å². The number of hydrogen-bond acceptors (Lipinski definition) is 2. The summed E-state index contributed by atoms with van der Waals surface area (Å²) >= 11 is 0. The number of halogens is 2. The number of fused-ring (bicyclic) bond motifs is 1. The molecule has 1 aromatic heterocycles. The first-order valence-electron chi connectivity index (χ1n) is 6.65. The third-order valence-corrected chi connectivity index (χ3v) is 3.50. The largest absolute Gasteiger partial charge is 0.458 e. The van der Waals surface area contributed by atoms with Gasteiger partial charge in [-0.15, -0.1) is 0 Å². The van der Waals surface area contributed by atoms with Gasteiger partial charge in [-0.05, 0) is 36.2 Å². The Labute approximate surface area is 120 Å². The van der Waals surface area contributed by atoms with Crippen molar-refractivity contribution in [1.82, 2.24) is 0 Å². The molecule has 2 nitrogen and oxygen atoms in total. The average molecular weight is 288 g/mol. The van der Waals surface area contributed by atoms with Crippen molar-refractivity contribution in [2.24, 2.45) is 0 Å². The van der Waals surface area contributed by atoms with Gasteiger partial charge in [-0.2, -0.15) is 0 Å². The quantitative estimate of drug-likeness (QED) is 0.779. The van der Waals surface area contributed by atoms with Crippen molar-refractivity contribution in [2.75, 3.05) is 0 Å². The molecule has 3 aromatic rings. The molecule has 0 fully saturated rings. The molecule has 1 atom stereocenters. The first-order chi connectivity index (χ1) is 10.0. The van der Waals surface area contributed by atoms with Crippen LogP contribution < -0.4 is 0 Å². The molecular formula is C17H14F2O2. The zero-order valence-corrected chi connectivity index (χ0v) is 11.4. The lowest BCUT2D eigenvalue weighted by molar-refractivity contribution is 0.152. The van der Waals surface area contributed by atoms with Crippen LogP contribution in [0.15, 0.2) is 46.9 Å². The van der Waals surface area contributed by atoms with Crippen molar-refractivity contribution in [3.05, 3.63) is 71.0 Å². The Morgan fingerprint density at radius 2 is 1.90 bits per heavy atom. The van der Waals surface area contributed by atoms with Crippen LogP contribution in [0.4, 0.5) is 8.78 Å². The SMILES string of the molecule is Cc1cccc2cc(C(O)Cc3ccc(F)c(F)c3)oc12. The van der Waals surface area contributed by atoms with Gasteiger partial charge in [0.2, 0.25) is 0 Å². The number of furan rings is 1. The van der Waals surface area contributed by atoms with Gasteiger partial charge in [-0.25, -0.2) is 8.78 Å². The maximum atomic E-state index is 13.2. The third-order valence-electron chi connectivity index (χ3n) is 3.50. The summed E-state index contributed by atoms with van der Waals surface area (Å²) in [5, 5.41) is 11.1. The molecule has 0 aliphatic heterocycles. The van der Waals surface area contributed by atoms with E-state index < -0.39 is 17.7 Å². The van der Waals surface area contributed by atoms with Crippen molar-refractivity contribution < 1.29 is 18.3 Å². The van der Waals surface area contributed by atoms with Crippen LogP contribution in [0.5, 0.6) is 0 Å². The van der Waals surface area contributed by atoms with E-state index >= 15 is 0 Å². The maximum Gasteiger partial charge on any atom is 0.159 e. The minimum atomic E-state index is -0.917. The number of aliphatic hydroxyl groups is 1. The smallest absolute Gasteiger partial charge is 0.159 e. The molecule has 1 unspecified atom stereocenters. The summed E-state index contributed by atoms with van der Waals surface area (Å²) < 4.78 is 31.7. The molecule has 0 spiro atoms. The zero-order valence-electron chi connectivity index (χ0n) is 11.4. The molecule has 0 aliphatic rings. The normalized spacial score (nSPS) is 12.8. The second-order valence-electron chi connectivity index (χ2n) is 5.11. The number of rotatable bonds is 3. The first-order valence-corrected chi connectivity index (χ1v) is 6.65. The highest BCUT2D eigenvalue weighted by Crippen LogP contribution is 2.28. The van der Waals surface area contributed by atoms with E-state index in [0.29, 0.717) is 11.3 Å². The summed E-state index contributed by atoms with van der Waals surface area (Å²) in [4.78, 5) is 0. The van der Waals surface area contributed by atoms with Gasteiger partial charge in [0.05, 0.1) is 0 Å². The van der Waals surface area contributed by atoms with Gasteiger partial charge in [-0.1, -0.05) is 24.3 Å². The van der Waals surface area contributed by atoms with E-state index in [-0.39, 0.29) is 6.42 Å². The van der Waals surface area contributed by atoms with E-state index in [1.165, 1.54) is 6.07 Å². The number of para-hydroxylation sites is 1. The van der Waals surface area contributed by atoms with Crippen molar-refractivity contribution in [2.45, 2.75) is 19.4 Å². The van der Waals surface area contributed by atoms with E-state index in [2.05, 4.69) is 0 Å². The van der Waals surface area contributed by atoms with Crippen molar-refractivity contribution >= 4 is 11.0 Å². The summed E-state index contributed by atoms with van der Waals surface area (Å²) in [7, 11) is 0. The molecule has 0 bridgehead atoms. The van der Waals surface area contributed by atoms with Gasteiger partial charge in [0, 0.05) is 11.8 Å². The maximum absolute atomic E-state index is 13.2. The Morgan fingerprint density at radius 1 is 1.10 bits per heavy atom. The molecule has 0 saturated carbocycles. The molecule has 0 radical (unpaired) electrons. The summed E-state index contributed by atoms with van der Waals surface area (Å²) in [6.07, 6.45) is -0.738. The third kappa shape index (κ3) is 2.67. The van der Waals surface area contributed by atoms with Crippen LogP contribution in [0.1, 0.15) is 23.0 Å². The topological polar surface area (TPSA) is 33.4 Å². The Kier molecular flexibility index (Phi) is 3.47. The summed E-state index contributed by atoms with van der Waals surface area (Å²) in [5.41, 5.74) is 2.23. The van der Waals surface area contributed by atoms with Gasteiger partial charge in [-0.3, -0.25) is 0 Å². The molecule has 108 valence electrons. The van der Waals surface area contributed by atoms with Crippen LogP contribution in [0, 0.1) is 18.6 Å². The van der Waals surface area contributed by atoms with Crippen LogP contribution >= 0.6 is 0 Å². The Balaban J connectivity index is 1.87. The standard InChI is InChI=1S/C17H14F2O2/c1-10-3-2-4-12-9-16(21-17(10)12)15(20)8-11-5-6-13(18)14(19)7-11/h2-7,9,15,20H,8H2,1H3. The molecule has 0 amide bonds. The predicted octanol–water partition coefficient (Wildman–Crippen LogP) is 4.30. The summed E-state index contributed by atoms with van der Waals surface area (Å²) in [5.74, 6) is -1.39. The minimum Gasteiger partial charge on any atom is -0.458 e. The molecule has 3 rings (SSSR count). The highest BCUT2D eigenvalue weighted by Gasteiger charge is 2.16. The molecule has 4 heteroatoms. The highest BCUT2D eigenvalue weighted by molar-refractivity contribution is 5.80. The molecule has 1 N–H and O–H groups in total. The molecule has 21 heavy (non-hydrogen) atoms. The number of aliphatic hydroxyl groups excluding tert-OH is 1. The van der Waals surface area contributed by atoms with E-state index in [1.807, 2.05) is 25.1 Å². The Morgan fingerprint density at radius 3 is 2.62 bits per heavy atom. The van der Waals surface area contributed by atoms with Crippen LogP contribution in [-0.4, -0.2) is 5.11 Å². The van der Waals surface area contributed by atoms with Gasteiger partial charge in [0.15, 0.2) is 11.6 Å². The highest BCUT2D eigenvalue weighted by atomic mass is 19.2. The zero-order chi connectivity index (χ0) is 15.0. The number of benzene rings is 2. The van der Waals surface area contributed by atoms with Crippen LogP contribution in [0.2, 0.25) is 0 Å². The fraction of sp³-hybridized carbons (Fsp3) is 0.176. The van der Waals surface area contributed by atoms with Gasteiger partial charge in [0.25, 0.3) is 0 Å². The average Bonchev–Trinajstić information content (AvgIpc) is 2.89. The fourth-order valence-corrected chi connectivity index (χ4v) is 2.38. The predicted molar refractivity (Wildman–Crippen MR) is 76.0 cm³/mol. The molecule has 2 aromatic carbocycles. The second-order valence-corrected chi connectivity index (χ2v) is 5.11. The Hall–Kier alpha value is -2.20. The first kappa shape index (κ1) is 13.8. The van der Waals surface area contributed by atoms with E-state index in [9.17, 15) is 13.9 Å². The lowest BCUT2D eigenvalue weighted by Crippen LogP contribution is -2.01. The lowest BCUT2D eigenvalue weighted by atomic mass is 10.1. The monoisotopic (exact) mass is 288 g/mol. The van der Waals surface area contributed by atoms with E-state index in [0.717, 1.165) is 28.7 Å². The molecule has 1 heterocycles.